The van der Waals surface area contributed by atoms with Crippen LogP contribution in [0, 0.1) is 0 Å². The van der Waals surface area contributed by atoms with E-state index < -0.39 is 0 Å². The fraction of sp³-hybridized carbons (Fsp3) is 0.571. The molecule has 0 amide bonds. The lowest BCUT2D eigenvalue weighted by atomic mass is 10.1. The van der Waals surface area contributed by atoms with Crippen molar-refractivity contribution in [3.8, 4) is 0 Å². The smallest absolute Gasteiger partial charge is 0.0465 e. The van der Waals surface area contributed by atoms with Gasteiger partial charge in [-0.15, -0.1) is 0 Å². The molecule has 4 heteroatoms. The number of hydrogen-bond acceptors (Lipinski definition) is 1. The number of alkyl halides is 1. The van der Waals surface area contributed by atoms with Gasteiger partial charge < -0.3 is 0 Å². The van der Waals surface area contributed by atoms with Crippen LogP contribution in [0.4, 0.5) is 0 Å². The molecule has 1 aromatic rings. The third-order valence-corrected chi connectivity index (χ3v) is 4.32. The summed E-state index contributed by atoms with van der Waals surface area (Å²) in [5.41, 5.74) is 1.04. The van der Waals surface area contributed by atoms with E-state index in [1.54, 1.807) is 0 Å². The molecule has 0 spiro atoms. The Morgan fingerprint density at radius 3 is 2.17 bits per heavy atom. The van der Waals surface area contributed by atoms with Crippen molar-refractivity contribution in [2.75, 3.05) is 11.9 Å². The first-order valence-corrected chi connectivity index (χ1v) is 8.24. The molecule has 0 aliphatic heterocycles. The monoisotopic (exact) mass is 351 g/mol. The molecule has 0 saturated heterocycles. The molecule has 0 fully saturated rings. The number of hydrogen-bond donors (Lipinski definition) is 0. The molecule has 0 heterocycles. The van der Waals surface area contributed by atoms with Crippen LogP contribution in [0.25, 0.3) is 0 Å². The molecular weight excluding hydrogens is 333 g/mol. The van der Waals surface area contributed by atoms with Gasteiger partial charge in [0.2, 0.25) is 0 Å². The average molecular weight is 353 g/mol. The zero-order valence-electron chi connectivity index (χ0n) is 10.9. The number of rotatable bonds is 7. The summed E-state index contributed by atoms with van der Waals surface area (Å²) in [6.07, 6.45) is 2.29. The molecular formula is C14H20BrCl2N. The van der Waals surface area contributed by atoms with E-state index >= 15 is 0 Å². The molecule has 0 N–H and O–H groups in total. The van der Waals surface area contributed by atoms with Gasteiger partial charge in [-0.3, -0.25) is 4.90 Å². The van der Waals surface area contributed by atoms with E-state index in [1.807, 2.05) is 18.2 Å². The van der Waals surface area contributed by atoms with Gasteiger partial charge in [0.25, 0.3) is 0 Å². The van der Waals surface area contributed by atoms with Gasteiger partial charge in [-0.25, -0.2) is 0 Å². The number of benzene rings is 1. The third kappa shape index (κ3) is 4.41. The molecule has 102 valence electrons. The fourth-order valence-electron chi connectivity index (χ4n) is 2.19. The largest absolute Gasteiger partial charge is 0.295 e. The van der Waals surface area contributed by atoms with Gasteiger partial charge in [0.05, 0.1) is 0 Å². The predicted octanol–water partition coefficient (Wildman–Crippen LogP) is 5.38. The summed E-state index contributed by atoms with van der Waals surface area (Å²) in [6, 6.07) is 6.28. The van der Waals surface area contributed by atoms with E-state index in [4.69, 9.17) is 23.2 Å². The maximum absolute atomic E-state index is 6.24. The topological polar surface area (TPSA) is 3.24 Å². The van der Waals surface area contributed by atoms with Crippen molar-refractivity contribution in [1.29, 1.82) is 0 Å². The molecule has 0 saturated carbocycles. The second kappa shape index (κ2) is 8.42. The summed E-state index contributed by atoms with van der Waals surface area (Å²) in [4.78, 5) is 2.45. The van der Waals surface area contributed by atoms with Gasteiger partial charge in [-0.1, -0.05) is 59.0 Å². The summed E-state index contributed by atoms with van der Waals surface area (Å²) in [5.74, 6) is 0. The fourth-order valence-corrected chi connectivity index (χ4v) is 3.16. The van der Waals surface area contributed by atoms with Crippen LogP contribution >= 0.6 is 39.1 Å². The van der Waals surface area contributed by atoms with E-state index in [2.05, 4.69) is 34.7 Å². The van der Waals surface area contributed by atoms with Gasteiger partial charge in [-0.05, 0) is 25.0 Å². The van der Waals surface area contributed by atoms with Crippen molar-refractivity contribution in [3.63, 3.8) is 0 Å². The lowest BCUT2D eigenvalue weighted by molar-refractivity contribution is 0.189. The second-order valence-corrected chi connectivity index (χ2v) is 5.94. The molecule has 1 rings (SSSR count). The SMILES string of the molecule is CCC(CC)N(CCBr)Cc1c(Cl)cccc1Cl. The highest BCUT2D eigenvalue weighted by molar-refractivity contribution is 9.09. The van der Waals surface area contributed by atoms with Crippen LogP contribution in [0.1, 0.15) is 32.3 Å². The minimum absolute atomic E-state index is 0.579. The zero-order valence-corrected chi connectivity index (χ0v) is 14.0. The maximum atomic E-state index is 6.24. The van der Waals surface area contributed by atoms with Crippen LogP contribution in [0.2, 0.25) is 10.0 Å². The minimum Gasteiger partial charge on any atom is -0.295 e. The molecule has 0 atom stereocenters. The van der Waals surface area contributed by atoms with E-state index in [1.165, 1.54) is 0 Å². The highest BCUT2D eigenvalue weighted by Crippen LogP contribution is 2.27. The number of nitrogens with zero attached hydrogens (tertiary/aromatic N) is 1. The Hall–Kier alpha value is 0.240. The Morgan fingerprint density at radius 1 is 1.17 bits per heavy atom. The maximum Gasteiger partial charge on any atom is 0.0465 e. The molecule has 1 aromatic carbocycles. The molecule has 0 radical (unpaired) electrons. The second-order valence-electron chi connectivity index (χ2n) is 4.33. The Labute approximate surface area is 129 Å². The summed E-state index contributed by atoms with van der Waals surface area (Å²) in [6.45, 7) is 6.28. The molecule has 18 heavy (non-hydrogen) atoms. The van der Waals surface area contributed by atoms with Gasteiger partial charge in [0.1, 0.15) is 0 Å². The highest BCUT2D eigenvalue weighted by atomic mass is 79.9. The van der Waals surface area contributed by atoms with Crippen LogP contribution in [0.3, 0.4) is 0 Å². The minimum atomic E-state index is 0.579. The Kier molecular flexibility index (Phi) is 7.62. The lowest BCUT2D eigenvalue weighted by Gasteiger charge is -2.30. The van der Waals surface area contributed by atoms with Gasteiger partial charge in [0.15, 0.2) is 0 Å². The molecule has 0 aliphatic rings. The van der Waals surface area contributed by atoms with Crippen LogP contribution in [0.5, 0.6) is 0 Å². The Balaban J connectivity index is 2.89. The standard InChI is InChI=1S/C14H20BrCl2N/c1-3-11(4-2)18(9-8-15)10-12-13(16)6-5-7-14(12)17/h5-7,11H,3-4,8-10H2,1-2H3. The van der Waals surface area contributed by atoms with Crippen molar-refractivity contribution in [3.05, 3.63) is 33.8 Å². The van der Waals surface area contributed by atoms with Crippen molar-refractivity contribution in [1.82, 2.24) is 4.90 Å². The molecule has 0 aliphatic carbocycles. The van der Waals surface area contributed by atoms with Gasteiger partial charge in [0, 0.05) is 40.1 Å². The number of halogens is 3. The van der Waals surface area contributed by atoms with Gasteiger partial charge in [-0.2, -0.15) is 0 Å². The van der Waals surface area contributed by atoms with Crippen molar-refractivity contribution in [2.24, 2.45) is 0 Å². The van der Waals surface area contributed by atoms with Crippen LogP contribution < -0.4 is 0 Å². The van der Waals surface area contributed by atoms with Gasteiger partial charge >= 0.3 is 0 Å². The van der Waals surface area contributed by atoms with E-state index in [-0.39, 0.29) is 0 Å². The Bertz CT molecular complexity index is 347. The average Bonchev–Trinajstić information content (AvgIpc) is 2.35. The van der Waals surface area contributed by atoms with E-state index in [9.17, 15) is 0 Å². The summed E-state index contributed by atoms with van der Waals surface area (Å²) in [7, 11) is 0. The predicted molar refractivity (Wildman–Crippen MR) is 85.0 cm³/mol. The van der Waals surface area contributed by atoms with Crippen LogP contribution in [-0.4, -0.2) is 22.8 Å². The first-order valence-electron chi connectivity index (χ1n) is 6.36. The summed E-state index contributed by atoms with van der Waals surface area (Å²) >= 11 is 16.0. The first kappa shape index (κ1) is 16.3. The molecule has 1 nitrogen and oxygen atoms in total. The van der Waals surface area contributed by atoms with Crippen LogP contribution in [0.15, 0.2) is 18.2 Å². The van der Waals surface area contributed by atoms with Crippen molar-refractivity contribution < 1.29 is 0 Å². The van der Waals surface area contributed by atoms with E-state index in [0.29, 0.717) is 6.04 Å². The molecule has 0 aromatic heterocycles. The normalized spacial score (nSPS) is 11.5. The van der Waals surface area contributed by atoms with Crippen molar-refractivity contribution >= 4 is 39.1 Å². The van der Waals surface area contributed by atoms with Crippen molar-refractivity contribution in [2.45, 2.75) is 39.3 Å². The summed E-state index contributed by atoms with van der Waals surface area (Å²) in [5, 5.41) is 2.48. The quantitative estimate of drug-likeness (QED) is 0.595. The lowest BCUT2D eigenvalue weighted by Crippen LogP contribution is -2.35. The molecule has 0 unspecified atom stereocenters. The zero-order chi connectivity index (χ0) is 13.5. The van der Waals surface area contributed by atoms with E-state index in [0.717, 1.165) is 46.9 Å². The Morgan fingerprint density at radius 2 is 1.72 bits per heavy atom. The molecule has 0 bridgehead atoms. The van der Waals surface area contributed by atoms with Crippen LogP contribution in [-0.2, 0) is 6.54 Å². The highest BCUT2D eigenvalue weighted by Gasteiger charge is 2.17. The third-order valence-electron chi connectivity index (χ3n) is 3.25. The summed E-state index contributed by atoms with van der Waals surface area (Å²) < 4.78 is 0. The first-order chi connectivity index (χ1) is 8.63.